The molecule has 1 aliphatic heterocycles. The molecule has 0 aromatic rings. The molecule has 1 atom stereocenters. The van der Waals surface area contributed by atoms with E-state index in [0.29, 0.717) is 12.8 Å². The van der Waals surface area contributed by atoms with Crippen molar-refractivity contribution in [1.82, 2.24) is 10.2 Å². The summed E-state index contributed by atoms with van der Waals surface area (Å²) in [5, 5.41) is 2.98. The smallest absolute Gasteiger partial charge is 0.249 e. The van der Waals surface area contributed by atoms with Crippen LogP contribution < -0.4 is 5.32 Å². The summed E-state index contributed by atoms with van der Waals surface area (Å²) >= 11 is 0. The highest BCUT2D eigenvalue weighted by Gasteiger charge is 2.52. The van der Waals surface area contributed by atoms with Gasteiger partial charge in [0, 0.05) is 5.54 Å². The lowest BCUT2D eigenvalue weighted by molar-refractivity contribution is -0.163. The molecule has 1 aliphatic carbocycles. The zero-order valence-electron chi connectivity index (χ0n) is 13.3. The van der Waals surface area contributed by atoms with E-state index in [4.69, 9.17) is 0 Å². The number of nitrogens with zero attached hydrogens (tertiary/aromatic N) is 1. The van der Waals surface area contributed by atoms with Crippen LogP contribution in [0.1, 0.15) is 72.6 Å². The lowest BCUT2D eigenvalue weighted by Crippen LogP contribution is -2.73. The molecule has 0 radical (unpaired) electrons. The van der Waals surface area contributed by atoms with Crippen molar-refractivity contribution in [2.45, 2.75) is 89.8 Å². The van der Waals surface area contributed by atoms with Crippen molar-refractivity contribution in [2.75, 3.05) is 0 Å². The fraction of sp³-hybridized carbons (Fsp3) is 0.875. The summed E-state index contributed by atoms with van der Waals surface area (Å²) < 4.78 is 0. The minimum Gasteiger partial charge on any atom is -0.340 e. The lowest BCUT2D eigenvalue weighted by atomic mass is 9.77. The summed E-state index contributed by atoms with van der Waals surface area (Å²) in [5.74, 6) is 0.124. The van der Waals surface area contributed by atoms with Crippen molar-refractivity contribution >= 4 is 11.8 Å². The van der Waals surface area contributed by atoms with Crippen molar-refractivity contribution in [1.29, 1.82) is 0 Å². The molecule has 0 aromatic heterocycles. The second-order valence-electron chi connectivity index (χ2n) is 6.69. The Morgan fingerprint density at radius 1 is 1.15 bits per heavy atom. The maximum atomic E-state index is 13.1. The third kappa shape index (κ3) is 2.23. The molecule has 2 aliphatic rings. The molecule has 2 amide bonds. The third-order valence-electron chi connectivity index (χ3n) is 5.48. The van der Waals surface area contributed by atoms with Crippen LogP contribution >= 0.6 is 0 Å². The Morgan fingerprint density at radius 3 is 2.20 bits per heavy atom. The maximum Gasteiger partial charge on any atom is 0.249 e. The third-order valence-corrected chi connectivity index (χ3v) is 5.48. The quantitative estimate of drug-likeness (QED) is 0.864. The Morgan fingerprint density at radius 2 is 1.70 bits per heavy atom. The van der Waals surface area contributed by atoms with E-state index in [1.807, 2.05) is 25.7 Å². The molecule has 1 unspecified atom stereocenters. The van der Waals surface area contributed by atoms with Gasteiger partial charge < -0.3 is 10.2 Å². The predicted molar refractivity (Wildman–Crippen MR) is 79.3 cm³/mol. The Balaban J connectivity index is 2.38. The van der Waals surface area contributed by atoms with E-state index in [9.17, 15) is 9.59 Å². The summed E-state index contributed by atoms with van der Waals surface area (Å²) in [6.07, 6.45) is 6.89. The lowest BCUT2D eigenvalue weighted by Gasteiger charge is -2.53. The molecule has 0 spiro atoms. The number of rotatable bonds is 3. The van der Waals surface area contributed by atoms with Crippen LogP contribution in [-0.4, -0.2) is 33.8 Å². The maximum absolute atomic E-state index is 13.1. The van der Waals surface area contributed by atoms with Crippen LogP contribution in [0.25, 0.3) is 0 Å². The number of hydrogen-bond acceptors (Lipinski definition) is 2. The molecule has 1 N–H and O–H groups in total. The van der Waals surface area contributed by atoms with Gasteiger partial charge in [-0.15, -0.1) is 0 Å². The van der Waals surface area contributed by atoms with Gasteiger partial charge in [-0.2, -0.15) is 0 Å². The van der Waals surface area contributed by atoms with Gasteiger partial charge >= 0.3 is 0 Å². The molecule has 0 aromatic carbocycles. The average molecular weight is 280 g/mol. The van der Waals surface area contributed by atoms with Crippen molar-refractivity contribution < 1.29 is 9.59 Å². The molecule has 4 heteroatoms. The van der Waals surface area contributed by atoms with Crippen molar-refractivity contribution in [3.63, 3.8) is 0 Å². The average Bonchev–Trinajstić information content (AvgIpc) is 2.44. The van der Waals surface area contributed by atoms with Gasteiger partial charge in [-0.1, -0.05) is 33.1 Å². The Hall–Kier alpha value is -1.06. The number of carbonyl (C=O) groups excluding carboxylic acids is 2. The normalized spacial score (nSPS) is 29.2. The Kier molecular flexibility index (Phi) is 4.12. The van der Waals surface area contributed by atoms with Gasteiger partial charge in [-0.05, 0) is 39.5 Å². The van der Waals surface area contributed by atoms with E-state index in [-0.39, 0.29) is 23.4 Å². The number of piperazine rings is 1. The van der Waals surface area contributed by atoms with Gasteiger partial charge in [0.25, 0.3) is 0 Å². The van der Waals surface area contributed by atoms with E-state index < -0.39 is 5.54 Å². The van der Waals surface area contributed by atoms with Crippen LogP contribution in [0, 0.1) is 0 Å². The van der Waals surface area contributed by atoms with Crippen LogP contribution in [0.2, 0.25) is 0 Å². The minimum atomic E-state index is -0.690. The fourth-order valence-corrected chi connectivity index (χ4v) is 3.91. The number of hydrogen-bond donors (Lipinski definition) is 1. The molecule has 2 rings (SSSR count). The number of nitrogens with one attached hydrogen (secondary N) is 1. The van der Waals surface area contributed by atoms with E-state index in [2.05, 4.69) is 12.2 Å². The second-order valence-corrected chi connectivity index (χ2v) is 6.69. The molecular formula is C16H28N2O2. The highest BCUT2D eigenvalue weighted by atomic mass is 16.2. The van der Waals surface area contributed by atoms with Crippen LogP contribution in [0.3, 0.4) is 0 Å². The highest BCUT2D eigenvalue weighted by Crippen LogP contribution is 2.38. The van der Waals surface area contributed by atoms with Gasteiger partial charge in [0.2, 0.25) is 11.8 Å². The summed E-state index contributed by atoms with van der Waals surface area (Å²) in [6.45, 7) is 8.00. The van der Waals surface area contributed by atoms with Gasteiger partial charge in [0.05, 0.1) is 0 Å². The van der Waals surface area contributed by atoms with Crippen LogP contribution in [0.4, 0.5) is 0 Å². The molecule has 2 fully saturated rings. The first-order chi connectivity index (χ1) is 9.40. The topological polar surface area (TPSA) is 49.4 Å². The molecule has 1 saturated carbocycles. The zero-order chi connectivity index (χ0) is 15.0. The molecular weight excluding hydrogens is 252 g/mol. The summed E-state index contributed by atoms with van der Waals surface area (Å²) in [7, 11) is 0. The molecule has 1 saturated heterocycles. The molecule has 20 heavy (non-hydrogen) atoms. The van der Waals surface area contributed by atoms with Gasteiger partial charge in [0.1, 0.15) is 11.6 Å². The standard InChI is InChI=1S/C16H28N2O2/c1-5-16(6-2)14(20)18(12(3)13(19)17-16)15(4)10-8-7-9-11-15/h12H,5-11H2,1-4H3,(H,17,19). The monoisotopic (exact) mass is 280 g/mol. The fourth-order valence-electron chi connectivity index (χ4n) is 3.91. The van der Waals surface area contributed by atoms with E-state index in [0.717, 1.165) is 25.7 Å². The van der Waals surface area contributed by atoms with E-state index in [1.165, 1.54) is 6.42 Å². The first-order valence-corrected chi connectivity index (χ1v) is 8.06. The minimum absolute atomic E-state index is 0.0000912. The highest BCUT2D eigenvalue weighted by molar-refractivity contribution is 6.00. The molecule has 114 valence electrons. The molecule has 1 heterocycles. The number of amides is 2. The second kappa shape index (κ2) is 5.38. The van der Waals surface area contributed by atoms with Gasteiger partial charge in [0.15, 0.2) is 0 Å². The first kappa shape index (κ1) is 15.3. The zero-order valence-corrected chi connectivity index (χ0v) is 13.3. The van der Waals surface area contributed by atoms with Crippen molar-refractivity contribution in [3.8, 4) is 0 Å². The SMILES string of the molecule is CCC1(CC)NC(=O)C(C)N(C2(C)CCCCC2)C1=O. The van der Waals surface area contributed by atoms with Gasteiger partial charge in [-0.25, -0.2) is 0 Å². The van der Waals surface area contributed by atoms with Crippen LogP contribution in [0.15, 0.2) is 0 Å². The number of carbonyl (C=O) groups is 2. The Labute approximate surface area is 122 Å². The van der Waals surface area contributed by atoms with Gasteiger partial charge in [-0.3, -0.25) is 9.59 Å². The van der Waals surface area contributed by atoms with E-state index in [1.54, 1.807) is 0 Å². The largest absolute Gasteiger partial charge is 0.340 e. The molecule has 0 bridgehead atoms. The predicted octanol–water partition coefficient (Wildman–Crippen LogP) is 2.61. The van der Waals surface area contributed by atoms with Crippen molar-refractivity contribution in [3.05, 3.63) is 0 Å². The van der Waals surface area contributed by atoms with Crippen LogP contribution in [-0.2, 0) is 9.59 Å². The summed E-state index contributed by atoms with van der Waals surface area (Å²) in [5.41, 5.74) is -0.841. The van der Waals surface area contributed by atoms with Crippen LogP contribution in [0.5, 0.6) is 0 Å². The van der Waals surface area contributed by atoms with Crippen molar-refractivity contribution in [2.24, 2.45) is 0 Å². The summed E-state index contributed by atoms with van der Waals surface area (Å²) in [4.78, 5) is 27.4. The molecule has 4 nitrogen and oxygen atoms in total. The first-order valence-electron chi connectivity index (χ1n) is 8.06. The van der Waals surface area contributed by atoms with E-state index >= 15 is 0 Å². The summed E-state index contributed by atoms with van der Waals surface area (Å²) in [6, 6.07) is -0.350. The Bertz CT molecular complexity index is 395.